The molecule has 0 heterocycles. The molecule has 4 heteroatoms. The zero-order chi connectivity index (χ0) is 35.3. The van der Waals surface area contributed by atoms with Crippen LogP contribution < -0.4 is 9.47 Å². The van der Waals surface area contributed by atoms with Crippen LogP contribution in [0.5, 0.6) is 23.0 Å². The SMILES string of the molecule is CCOc1c2cc3cc1C1CCC1c1cc(cc(c1O)Cc1cc4cc(c1OCC)C1CCC1c1cc(cc(c1O)C2)CCCCC4)CCCCC3. The Bertz CT molecular complexity index is 1850. The highest BCUT2D eigenvalue weighted by molar-refractivity contribution is 5.59. The Kier molecular flexibility index (Phi) is 9.21. The van der Waals surface area contributed by atoms with Gasteiger partial charge >= 0.3 is 0 Å². The summed E-state index contributed by atoms with van der Waals surface area (Å²) in [7, 11) is 0. The molecule has 2 fully saturated rings. The molecule has 52 heavy (non-hydrogen) atoms. The van der Waals surface area contributed by atoms with Crippen molar-refractivity contribution in [3.63, 3.8) is 0 Å². The van der Waals surface area contributed by atoms with Crippen molar-refractivity contribution in [2.24, 2.45) is 0 Å². The lowest BCUT2D eigenvalue weighted by molar-refractivity contribution is 0.296. The normalized spacial score (nSPS) is 23.4. The minimum atomic E-state index is 0.238. The molecule has 0 amide bonds. The Hall–Kier alpha value is -3.92. The first kappa shape index (κ1) is 33.9. The molecule has 5 aliphatic rings. The van der Waals surface area contributed by atoms with E-state index >= 15 is 0 Å². The summed E-state index contributed by atoms with van der Waals surface area (Å²) in [5, 5.41) is 24.7. The summed E-state index contributed by atoms with van der Waals surface area (Å²) >= 11 is 0. The van der Waals surface area contributed by atoms with Crippen molar-refractivity contribution in [2.45, 2.75) is 140 Å². The van der Waals surface area contributed by atoms with E-state index in [0.29, 0.717) is 37.6 Å². The molecule has 12 bridgehead atoms. The lowest BCUT2D eigenvalue weighted by Gasteiger charge is -2.40. The first-order chi connectivity index (χ1) is 25.5. The van der Waals surface area contributed by atoms with Gasteiger partial charge in [0.1, 0.15) is 23.0 Å². The van der Waals surface area contributed by atoms with Crippen LogP contribution in [0.2, 0.25) is 0 Å². The average Bonchev–Trinajstić information content (AvgIpc) is 3.10. The van der Waals surface area contributed by atoms with Gasteiger partial charge in [0.2, 0.25) is 0 Å². The van der Waals surface area contributed by atoms with Crippen LogP contribution in [-0.2, 0) is 38.5 Å². The highest BCUT2D eigenvalue weighted by atomic mass is 16.5. The van der Waals surface area contributed by atoms with Crippen LogP contribution in [0, 0.1) is 0 Å². The third kappa shape index (κ3) is 6.08. The van der Waals surface area contributed by atoms with Crippen LogP contribution in [0.15, 0.2) is 48.5 Å². The maximum Gasteiger partial charge on any atom is 0.126 e. The molecular weight excluding hydrogens is 641 g/mol. The van der Waals surface area contributed by atoms with Gasteiger partial charge in [0.05, 0.1) is 13.2 Å². The molecule has 2 saturated carbocycles. The minimum absolute atomic E-state index is 0.238. The largest absolute Gasteiger partial charge is 0.507 e. The van der Waals surface area contributed by atoms with E-state index in [-0.39, 0.29) is 23.7 Å². The van der Waals surface area contributed by atoms with E-state index in [9.17, 15) is 10.2 Å². The monoisotopic (exact) mass is 696 g/mol. The van der Waals surface area contributed by atoms with Crippen LogP contribution in [0.1, 0.15) is 168 Å². The second kappa shape index (κ2) is 14.1. The molecule has 5 aliphatic carbocycles. The summed E-state index contributed by atoms with van der Waals surface area (Å²) in [6.07, 6.45) is 16.7. The van der Waals surface area contributed by atoms with Gasteiger partial charge in [0.15, 0.2) is 0 Å². The van der Waals surface area contributed by atoms with Crippen LogP contribution in [-0.4, -0.2) is 23.4 Å². The Balaban J connectivity index is 1.33. The van der Waals surface area contributed by atoms with Gasteiger partial charge in [0.25, 0.3) is 0 Å². The number of fused-ring (bicyclic) bond motifs is 8. The van der Waals surface area contributed by atoms with E-state index in [1.54, 1.807) is 0 Å². The lowest BCUT2D eigenvalue weighted by atomic mass is 9.64. The van der Waals surface area contributed by atoms with Crippen LogP contribution in [0.25, 0.3) is 0 Å². The van der Waals surface area contributed by atoms with Crippen molar-refractivity contribution < 1.29 is 19.7 Å². The van der Waals surface area contributed by atoms with Crippen molar-refractivity contribution in [2.75, 3.05) is 13.2 Å². The quantitative estimate of drug-likeness (QED) is 0.223. The van der Waals surface area contributed by atoms with Gasteiger partial charge in [-0.3, -0.25) is 0 Å². The van der Waals surface area contributed by atoms with Gasteiger partial charge in [-0.05, 0) is 181 Å². The maximum absolute atomic E-state index is 12.4. The number of phenols is 2. The maximum atomic E-state index is 12.4. The molecule has 4 atom stereocenters. The zero-order valence-corrected chi connectivity index (χ0v) is 31.4. The van der Waals surface area contributed by atoms with Gasteiger partial charge in [-0.1, -0.05) is 61.4 Å². The van der Waals surface area contributed by atoms with Crippen molar-refractivity contribution >= 4 is 0 Å². The van der Waals surface area contributed by atoms with Gasteiger partial charge in [-0.15, -0.1) is 0 Å². The predicted octanol–water partition coefficient (Wildman–Crippen LogP) is 11.3. The number of aromatic hydroxyl groups is 2. The summed E-state index contributed by atoms with van der Waals surface area (Å²) < 4.78 is 13.3. The van der Waals surface area contributed by atoms with Crippen LogP contribution in [0.4, 0.5) is 0 Å². The molecule has 0 spiro atoms. The third-order valence-corrected chi connectivity index (χ3v) is 13.4. The lowest BCUT2D eigenvalue weighted by Crippen LogP contribution is -2.24. The van der Waals surface area contributed by atoms with Crippen molar-refractivity contribution in [3.8, 4) is 23.0 Å². The van der Waals surface area contributed by atoms with E-state index in [1.165, 1.54) is 57.3 Å². The summed E-state index contributed by atoms with van der Waals surface area (Å²) in [5.74, 6) is 4.03. The van der Waals surface area contributed by atoms with Gasteiger partial charge < -0.3 is 19.7 Å². The fourth-order valence-electron chi connectivity index (χ4n) is 10.6. The second-order valence-corrected chi connectivity index (χ2v) is 16.7. The van der Waals surface area contributed by atoms with E-state index in [2.05, 4.69) is 62.4 Å². The van der Waals surface area contributed by atoms with Crippen molar-refractivity contribution in [1.82, 2.24) is 0 Å². The molecule has 0 radical (unpaired) electrons. The standard InChI is InChI=1S/C48H56O4/c1-3-51-47-35-21-31-13-9-5-7-12-30-20-34(46(50)41(23-30)37-15-17-39(37)43(47)25-31)28-36-22-32-14-10-6-8-11-29-19-33(27-35)45(49)42(24-29)38-16-18-40(38)44(26-32)48(36)52-4-2/h19-26,37-40,49-50H,3-18,27-28H2,1-2H3. The highest BCUT2D eigenvalue weighted by Gasteiger charge is 2.40. The van der Waals surface area contributed by atoms with Crippen LogP contribution >= 0.6 is 0 Å². The molecule has 272 valence electrons. The molecule has 4 nitrogen and oxygen atoms in total. The number of hydrogen-bond acceptors (Lipinski definition) is 4. The Morgan fingerprint density at radius 1 is 0.442 bits per heavy atom. The van der Waals surface area contributed by atoms with Gasteiger partial charge in [0, 0.05) is 12.8 Å². The summed E-state index contributed by atoms with van der Waals surface area (Å²) in [5.41, 5.74) is 14.8. The number of benzene rings is 4. The molecule has 4 unspecified atom stereocenters. The molecule has 4 aromatic carbocycles. The average molecular weight is 697 g/mol. The summed E-state index contributed by atoms with van der Waals surface area (Å²) in [4.78, 5) is 0. The number of rotatable bonds is 4. The van der Waals surface area contributed by atoms with E-state index in [4.69, 9.17) is 9.47 Å². The number of phenolic OH excluding ortho intramolecular Hbond substituents is 2. The minimum Gasteiger partial charge on any atom is -0.507 e. The second-order valence-electron chi connectivity index (χ2n) is 16.7. The first-order valence-corrected chi connectivity index (χ1v) is 20.7. The van der Waals surface area contributed by atoms with E-state index in [0.717, 1.165) is 111 Å². The topological polar surface area (TPSA) is 58.9 Å². The molecule has 9 rings (SSSR count). The Morgan fingerprint density at radius 2 is 0.769 bits per heavy atom. The molecule has 4 aromatic rings. The number of hydrogen-bond donors (Lipinski definition) is 2. The molecule has 0 aromatic heterocycles. The fourth-order valence-corrected chi connectivity index (χ4v) is 10.6. The number of ether oxygens (including phenoxy) is 2. The zero-order valence-electron chi connectivity index (χ0n) is 31.4. The van der Waals surface area contributed by atoms with E-state index in [1.807, 2.05) is 0 Å². The molecule has 0 saturated heterocycles. The smallest absolute Gasteiger partial charge is 0.126 e. The number of aryl methyl sites for hydroxylation is 4. The Labute approximate surface area is 310 Å². The van der Waals surface area contributed by atoms with Crippen LogP contribution in [0.3, 0.4) is 0 Å². The van der Waals surface area contributed by atoms with Crippen molar-refractivity contribution in [3.05, 3.63) is 115 Å². The first-order valence-electron chi connectivity index (χ1n) is 20.7. The van der Waals surface area contributed by atoms with Gasteiger partial charge in [-0.25, -0.2) is 0 Å². The molecule has 0 aliphatic heterocycles. The van der Waals surface area contributed by atoms with Crippen molar-refractivity contribution in [1.29, 1.82) is 0 Å². The fraction of sp³-hybridized carbons (Fsp3) is 0.500. The molecular formula is C48H56O4. The molecule has 2 N–H and O–H groups in total. The highest BCUT2D eigenvalue weighted by Crippen LogP contribution is 2.57. The van der Waals surface area contributed by atoms with Gasteiger partial charge in [-0.2, -0.15) is 0 Å². The summed E-state index contributed by atoms with van der Waals surface area (Å²) in [6.45, 7) is 5.39. The Morgan fingerprint density at radius 3 is 1.12 bits per heavy atom. The third-order valence-electron chi connectivity index (χ3n) is 13.4. The predicted molar refractivity (Wildman–Crippen MR) is 209 cm³/mol. The summed E-state index contributed by atoms with van der Waals surface area (Å²) in [6, 6.07) is 19.0. The van der Waals surface area contributed by atoms with E-state index < -0.39 is 0 Å².